The lowest BCUT2D eigenvalue weighted by atomic mass is 9.96. The Morgan fingerprint density at radius 1 is 1.24 bits per heavy atom. The molecule has 1 atom stereocenters. The number of benzene rings is 2. The van der Waals surface area contributed by atoms with Gasteiger partial charge < -0.3 is 16.4 Å². The van der Waals surface area contributed by atoms with Gasteiger partial charge in [-0.25, -0.2) is 4.39 Å². The standard InChI is InChI=1S/C16H15BrFN3/c1-9-2-4-12-11(15(9)19)6-7-21(16(12)20)14-8-10(17)3-5-13(14)18/h2-8,16H,19-20H2,1H3. The molecule has 108 valence electrons. The van der Waals surface area contributed by atoms with Crippen molar-refractivity contribution >= 4 is 33.4 Å². The molecule has 1 aliphatic rings. The van der Waals surface area contributed by atoms with E-state index in [4.69, 9.17) is 11.5 Å². The Kier molecular flexibility index (Phi) is 3.47. The third-order valence-electron chi connectivity index (χ3n) is 3.75. The van der Waals surface area contributed by atoms with Gasteiger partial charge in [0.15, 0.2) is 0 Å². The van der Waals surface area contributed by atoms with Crippen LogP contribution in [-0.2, 0) is 0 Å². The second kappa shape index (κ2) is 5.16. The van der Waals surface area contributed by atoms with Gasteiger partial charge >= 0.3 is 0 Å². The number of anilines is 2. The Bertz CT molecular complexity index is 743. The summed E-state index contributed by atoms with van der Waals surface area (Å²) >= 11 is 3.36. The summed E-state index contributed by atoms with van der Waals surface area (Å²) in [6, 6.07) is 8.66. The largest absolute Gasteiger partial charge is 0.398 e. The van der Waals surface area contributed by atoms with Gasteiger partial charge in [-0.05, 0) is 42.3 Å². The first-order valence-electron chi connectivity index (χ1n) is 6.55. The highest BCUT2D eigenvalue weighted by molar-refractivity contribution is 9.10. The van der Waals surface area contributed by atoms with E-state index < -0.39 is 6.17 Å². The monoisotopic (exact) mass is 347 g/mol. The molecule has 0 bridgehead atoms. The molecular weight excluding hydrogens is 333 g/mol. The van der Waals surface area contributed by atoms with Crippen molar-refractivity contribution in [2.45, 2.75) is 13.1 Å². The predicted molar refractivity (Wildman–Crippen MR) is 88.1 cm³/mol. The Morgan fingerprint density at radius 3 is 2.76 bits per heavy atom. The summed E-state index contributed by atoms with van der Waals surface area (Å²) in [6.07, 6.45) is 3.17. The van der Waals surface area contributed by atoms with Gasteiger partial charge in [-0.15, -0.1) is 0 Å². The third kappa shape index (κ3) is 2.32. The minimum atomic E-state index is -0.475. The molecule has 0 saturated heterocycles. The van der Waals surface area contributed by atoms with Crippen molar-refractivity contribution in [3.8, 4) is 0 Å². The SMILES string of the molecule is Cc1ccc2c(c1N)C=CN(c1cc(Br)ccc1F)C2N. The van der Waals surface area contributed by atoms with Crippen molar-refractivity contribution in [1.82, 2.24) is 0 Å². The molecule has 0 spiro atoms. The third-order valence-corrected chi connectivity index (χ3v) is 4.24. The van der Waals surface area contributed by atoms with E-state index in [1.54, 1.807) is 23.2 Å². The van der Waals surface area contributed by atoms with E-state index >= 15 is 0 Å². The quantitative estimate of drug-likeness (QED) is 0.768. The Hall–Kier alpha value is -1.85. The van der Waals surface area contributed by atoms with E-state index in [0.29, 0.717) is 11.4 Å². The molecule has 2 aromatic carbocycles. The van der Waals surface area contributed by atoms with Crippen molar-refractivity contribution in [3.63, 3.8) is 0 Å². The van der Waals surface area contributed by atoms with Gasteiger partial charge in [0.05, 0.1) is 5.69 Å². The van der Waals surface area contributed by atoms with Gasteiger partial charge in [0.2, 0.25) is 0 Å². The second-order valence-corrected chi connectivity index (χ2v) is 5.98. The molecule has 0 fully saturated rings. The minimum absolute atomic E-state index is 0.318. The number of nitrogen functional groups attached to an aromatic ring is 1. The van der Waals surface area contributed by atoms with Gasteiger partial charge in [-0.3, -0.25) is 0 Å². The highest BCUT2D eigenvalue weighted by atomic mass is 79.9. The zero-order chi connectivity index (χ0) is 15.1. The van der Waals surface area contributed by atoms with Crippen molar-refractivity contribution in [1.29, 1.82) is 0 Å². The lowest BCUT2D eigenvalue weighted by molar-refractivity contribution is 0.611. The molecule has 1 aliphatic heterocycles. The van der Waals surface area contributed by atoms with Crippen LogP contribution in [0.1, 0.15) is 22.9 Å². The van der Waals surface area contributed by atoms with E-state index in [1.165, 1.54) is 6.07 Å². The lowest BCUT2D eigenvalue weighted by Gasteiger charge is -2.33. The molecular formula is C16H15BrFN3. The van der Waals surface area contributed by atoms with Crippen molar-refractivity contribution < 1.29 is 4.39 Å². The number of nitrogens with two attached hydrogens (primary N) is 2. The maximum absolute atomic E-state index is 14.1. The van der Waals surface area contributed by atoms with Crippen LogP contribution in [0.15, 0.2) is 41.0 Å². The summed E-state index contributed by atoms with van der Waals surface area (Å²) in [5, 5.41) is 0. The fourth-order valence-corrected chi connectivity index (χ4v) is 2.87. The average Bonchev–Trinajstić information content (AvgIpc) is 2.46. The fourth-order valence-electron chi connectivity index (χ4n) is 2.52. The molecule has 0 amide bonds. The number of nitrogens with zero attached hydrogens (tertiary/aromatic N) is 1. The molecule has 3 nitrogen and oxygen atoms in total. The first-order valence-corrected chi connectivity index (χ1v) is 7.34. The number of aryl methyl sites for hydroxylation is 1. The zero-order valence-electron chi connectivity index (χ0n) is 11.5. The first-order chi connectivity index (χ1) is 9.99. The van der Waals surface area contributed by atoms with Crippen molar-refractivity contribution in [2.75, 3.05) is 10.6 Å². The van der Waals surface area contributed by atoms with Gasteiger partial charge in [-0.2, -0.15) is 0 Å². The van der Waals surface area contributed by atoms with Gasteiger partial charge in [0, 0.05) is 21.9 Å². The average molecular weight is 348 g/mol. The first kappa shape index (κ1) is 14.1. The topological polar surface area (TPSA) is 55.3 Å². The van der Waals surface area contributed by atoms with Crippen LogP contribution in [0.4, 0.5) is 15.8 Å². The molecule has 1 heterocycles. The van der Waals surface area contributed by atoms with Gasteiger partial charge in [-0.1, -0.05) is 28.1 Å². The van der Waals surface area contributed by atoms with Crippen molar-refractivity contribution in [2.24, 2.45) is 5.73 Å². The summed E-state index contributed by atoms with van der Waals surface area (Å²) in [6.45, 7) is 1.95. The Labute approximate surface area is 131 Å². The van der Waals surface area contributed by atoms with E-state index in [-0.39, 0.29) is 5.82 Å². The fraction of sp³-hybridized carbons (Fsp3) is 0.125. The molecule has 3 rings (SSSR count). The Morgan fingerprint density at radius 2 is 2.00 bits per heavy atom. The molecule has 2 aromatic rings. The van der Waals surface area contributed by atoms with Crippen LogP contribution < -0.4 is 16.4 Å². The van der Waals surface area contributed by atoms with E-state index in [0.717, 1.165) is 21.2 Å². The molecule has 0 aliphatic carbocycles. The zero-order valence-corrected chi connectivity index (χ0v) is 13.1. The number of fused-ring (bicyclic) bond motifs is 1. The molecule has 4 N–H and O–H groups in total. The van der Waals surface area contributed by atoms with Gasteiger partial charge in [0.1, 0.15) is 12.0 Å². The maximum atomic E-state index is 14.1. The van der Waals surface area contributed by atoms with E-state index in [2.05, 4.69) is 15.9 Å². The van der Waals surface area contributed by atoms with Crippen LogP contribution in [0.25, 0.3) is 6.08 Å². The van der Waals surface area contributed by atoms with Crippen molar-refractivity contribution in [3.05, 3.63) is 63.5 Å². The second-order valence-electron chi connectivity index (χ2n) is 5.06. The molecule has 21 heavy (non-hydrogen) atoms. The summed E-state index contributed by atoms with van der Waals surface area (Å²) in [4.78, 5) is 1.71. The van der Waals surface area contributed by atoms with E-state index in [1.807, 2.05) is 25.1 Å². The van der Waals surface area contributed by atoms with Crippen LogP contribution >= 0.6 is 15.9 Å². The number of hydrogen-bond acceptors (Lipinski definition) is 3. The normalized spacial score (nSPS) is 17.0. The van der Waals surface area contributed by atoms with E-state index in [9.17, 15) is 4.39 Å². The minimum Gasteiger partial charge on any atom is -0.398 e. The Balaban J connectivity index is 2.10. The molecule has 5 heteroatoms. The molecule has 0 saturated carbocycles. The maximum Gasteiger partial charge on any atom is 0.146 e. The smallest absolute Gasteiger partial charge is 0.146 e. The van der Waals surface area contributed by atoms with Crippen LogP contribution in [-0.4, -0.2) is 0 Å². The number of halogens is 2. The predicted octanol–water partition coefficient (Wildman–Crippen LogP) is 3.93. The van der Waals surface area contributed by atoms with Crippen LogP contribution in [0, 0.1) is 12.7 Å². The lowest BCUT2D eigenvalue weighted by Crippen LogP contribution is -2.33. The molecule has 0 radical (unpaired) electrons. The molecule has 1 unspecified atom stereocenters. The van der Waals surface area contributed by atoms with Crippen LogP contribution in [0.3, 0.4) is 0 Å². The summed E-state index contributed by atoms with van der Waals surface area (Å²) < 4.78 is 14.9. The molecule has 0 aromatic heterocycles. The summed E-state index contributed by atoms with van der Waals surface area (Å²) in [7, 11) is 0. The van der Waals surface area contributed by atoms with Gasteiger partial charge in [0.25, 0.3) is 0 Å². The summed E-state index contributed by atoms with van der Waals surface area (Å²) in [5.41, 5.74) is 16.3. The summed E-state index contributed by atoms with van der Waals surface area (Å²) in [5.74, 6) is -0.318. The van der Waals surface area contributed by atoms with Crippen LogP contribution in [0.2, 0.25) is 0 Å². The number of hydrogen-bond donors (Lipinski definition) is 2. The van der Waals surface area contributed by atoms with Crippen LogP contribution in [0.5, 0.6) is 0 Å². The highest BCUT2D eigenvalue weighted by Gasteiger charge is 2.24. The number of rotatable bonds is 1. The highest BCUT2D eigenvalue weighted by Crippen LogP contribution is 2.36.